The van der Waals surface area contributed by atoms with Crippen molar-refractivity contribution in [3.8, 4) is 17.2 Å². The summed E-state index contributed by atoms with van der Waals surface area (Å²) in [5.41, 5.74) is 2.06. The van der Waals surface area contributed by atoms with Crippen LogP contribution in [0.2, 0.25) is 0 Å². The first kappa shape index (κ1) is 25.7. The number of tetrazole rings is 1. The van der Waals surface area contributed by atoms with Gasteiger partial charge in [-0.3, -0.25) is 9.69 Å². The molecule has 0 spiro atoms. The summed E-state index contributed by atoms with van der Waals surface area (Å²) in [6.45, 7) is 9.69. The topological polar surface area (TPSA) is 107 Å². The second-order valence-corrected chi connectivity index (χ2v) is 10.2. The zero-order valence-electron chi connectivity index (χ0n) is 22.5. The molecule has 1 unspecified atom stereocenters. The first-order valence-electron chi connectivity index (χ1n) is 12.9. The number of fused-ring (bicyclic) bond motifs is 2. The van der Waals surface area contributed by atoms with Gasteiger partial charge in [0.1, 0.15) is 5.75 Å². The zero-order valence-corrected chi connectivity index (χ0v) is 22.5. The smallest absolute Gasteiger partial charge is 0.252 e. The third-order valence-corrected chi connectivity index (χ3v) is 7.38. The van der Waals surface area contributed by atoms with Crippen molar-refractivity contribution in [3.63, 3.8) is 0 Å². The third-order valence-electron chi connectivity index (χ3n) is 7.38. The van der Waals surface area contributed by atoms with Crippen molar-refractivity contribution in [2.45, 2.75) is 65.2 Å². The Labute approximate surface area is 221 Å². The van der Waals surface area contributed by atoms with E-state index in [1.165, 1.54) is 0 Å². The van der Waals surface area contributed by atoms with Crippen molar-refractivity contribution in [3.05, 3.63) is 69.8 Å². The lowest BCUT2D eigenvalue weighted by Gasteiger charge is -2.33. The highest BCUT2D eigenvalue weighted by Crippen LogP contribution is 2.35. The van der Waals surface area contributed by atoms with Crippen molar-refractivity contribution in [2.24, 2.45) is 0 Å². The van der Waals surface area contributed by atoms with Crippen LogP contribution in [0.4, 0.5) is 0 Å². The molecule has 4 aromatic rings. The number of hydrogen-bond donors (Lipinski definition) is 1. The van der Waals surface area contributed by atoms with E-state index in [-0.39, 0.29) is 23.9 Å². The van der Waals surface area contributed by atoms with Gasteiger partial charge in [-0.1, -0.05) is 19.9 Å². The quantitative estimate of drug-likeness (QED) is 0.326. The number of H-pyrrole nitrogens is 1. The van der Waals surface area contributed by atoms with E-state index in [2.05, 4.69) is 53.1 Å². The van der Waals surface area contributed by atoms with Crippen LogP contribution in [-0.2, 0) is 18.6 Å². The van der Waals surface area contributed by atoms with Crippen molar-refractivity contribution in [2.75, 3.05) is 13.9 Å². The van der Waals surface area contributed by atoms with Crippen LogP contribution in [0.1, 0.15) is 63.5 Å². The fraction of sp³-hybridized carbons (Fsp3) is 0.429. The SMILES string of the molecule is CCC(c1nnnn1C(C)(C)CC)N(Cc1ccc2c(c1)OCO2)Cc1cc2ccc(OC)cc2[nH]c1=O. The standard InChI is InChI=1S/C28H34N6O4/c1-6-23(26-30-31-32-34(26)28(3,4)7-2)33(15-18-8-11-24-25(12-18)38-17-37-24)16-20-13-19-9-10-21(36-5)14-22(19)29-27(20)35/h8-14,23H,6-7,15-17H2,1-5H3,(H,29,35). The summed E-state index contributed by atoms with van der Waals surface area (Å²) in [6.07, 6.45) is 1.63. The highest BCUT2D eigenvalue weighted by atomic mass is 16.7. The van der Waals surface area contributed by atoms with E-state index in [0.29, 0.717) is 24.4 Å². The Morgan fingerprint density at radius 1 is 1.11 bits per heavy atom. The minimum absolute atomic E-state index is 0.132. The minimum Gasteiger partial charge on any atom is -0.497 e. The minimum atomic E-state index is -0.254. The number of hydrogen-bond acceptors (Lipinski definition) is 8. The van der Waals surface area contributed by atoms with E-state index in [4.69, 9.17) is 14.2 Å². The van der Waals surface area contributed by atoms with Gasteiger partial charge in [-0.2, -0.15) is 0 Å². The lowest BCUT2D eigenvalue weighted by Crippen LogP contribution is -2.36. The van der Waals surface area contributed by atoms with Gasteiger partial charge in [-0.05, 0) is 78.4 Å². The van der Waals surface area contributed by atoms with Crippen molar-refractivity contribution in [1.82, 2.24) is 30.1 Å². The summed E-state index contributed by atoms with van der Waals surface area (Å²) >= 11 is 0. The molecule has 0 saturated carbocycles. The van der Waals surface area contributed by atoms with E-state index in [1.807, 2.05) is 47.1 Å². The summed E-state index contributed by atoms with van der Waals surface area (Å²) in [6, 6.07) is 13.5. The molecule has 5 rings (SSSR count). The Kier molecular flexibility index (Phi) is 7.07. The van der Waals surface area contributed by atoms with E-state index >= 15 is 0 Å². The summed E-state index contributed by atoms with van der Waals surface area (Å²) in [5.74, 6) is 2.94. The number of ether oxygens (including phenoxy) is 3. The third kappa shape index (κ3) is 4.96. The van der Waals surface area contributed by atoms with Gasteiger partial charge in [0, 0.05) is 24.7 Å². The maximum atomic E-state index is 13.2. The van der Waals surface area contributed by atoms with Crippen LogP contribution in [0.25, 0.3) is 10.9 Å². The molecular weight excluding hydrogens is 484 g/mol. The van der Waals surface area contributed by atoms with Crippen molar-refractivity contribution >= 4 is 10.9 Å². The Bertz CT molecular complexity index is 1490. The van der Waals surface area contributed by atoms with E-state index in [9.17, 15) is 4.79 Å². The molecule has 10 nitrogen and oxygen atoms in total. The predicted molar refractivity (Wildman–Crippen MR) is 143 cm³/mol. The first-order chi connectivity index (χ1) is 18.3. The molecule has 1 atom stereocenters. The normalized spacial score (nSPS) is 13.8. The van der Waals surface area contributed by atoms with Crippen LogP contribution < -0.4 is 19.8 Å². The van der Waals surface area contributed by atoms with Crippen molar-refractivity contribution < 1.29 is 14.2 Å². The molecule has 0 bridgehead atoms. The molecule has 1 aliphatic rings. The molecule has 3 heterocycles. The van der Waals surface area contributed by atoms with Gasteiger partial charge in [-0.25, -0.2) is 4.68 Å². The van der Waals surface area contributed by atoms with Gasteiger partial charge < -0.3 is 19.2 Å². The number of rotatable bonds is 10. The van der Waals surface area contributed by atoms with Crippen molar-refractivity contribution in [1.29, 1.82) is 0 Å². The van der Waals surface area contributed by atoms with Crippen LogP contribution in [0.3, 0.4) is 0 Å². The molecular formula is C28H34N6O4. The molecule has 1 N–H and O–H groups in total. The van der Waals surface area contributed by atoms with Crippen LogP contribution >= 0.6 is 0 Å². The summed E-state index contributed by atoms with van der Waals surface area (Å²) < 4.78 is 18.4. The van der Waals surface area contributed by atoms with E-state index < -0.39 is 0 Å². The number of aromatic nitrogens is 5. The maximum Gasteiger partial charge on any atom is 0.252 e. The van der Waals surface area contributed by atoms with Crippen LogP contribution in [0, 0.1) is 0 Å². The van der Waals surface area contributed by atoms with Gasteiger partial charge in [0.15, 0.2) is 17.3 Å². The second kappa shape index (κ2) is 10.4. The molecule has 0 fully saturated rings. The van der Waals surface area contributed by atoms with E-state index in [0.717, 1.165) is 46.6 Å². The molecule has 0 aliphatic carbocycles. The summed E-state index contributed by atoms with van der Waals surface area (Å²) in [4.78, 5) is 18.5. The average Bonchev–Trinajstić information content (AvgIpc) is 3.59. The Morgan fingerprint density at radius 3 is 2.68 bits per heavy atom. The summed E-state index contributed by atoms with van der Waals surface area (Å²) in [7, 11) is 1.61. The predicted octanol–water partition coefficient (Wildman–Crippen LogP) is 4.55. The second-order valence-electron chi connectivity index (χ2n) is 10.2. The molecule has 2 aromatic carbocycles. The lowest BCUT2D eigenvalue weighted by atomic mass is 10.0. The zero-order chi connectivity index (χ0) is 26.9. The lowest BCUT2D eigenvalue weighted by molar-refractivity contribution is 0.150. The number of aromatic amines is 1. The van der Waals surface area contributed by atoms with Gasteiger partial charge in [0.05, 0.1) is 24.2 Å². The number of nitrogens with zero attached hydrogens (tertiary/aromatic N) is 5. The number of methoxy groups -OCH3 is 1. The molecule has 38 heavy (non-hydrogen) atoms. The Morgan fingerprint density at radius 2 is 1.92 bits per heavy atom. The molecule has 0 saturated heterocycles. The van der Waals surface area contributed by atoms with Gasteiger partial charge in [-0.15, -0.1) is 5.10 Å². The van der Waals surface area contributed by atoms with Gasteiger partial charge in [0.25, 0.3) is 5.56 Å². The number of pyridine rings is 1. The average molecular weight is 519 g/mol. The maximum absolute atomic E-state index is 13.2. The highest BCUT2D eigenvalue weighted by Gasteiger charge is 2.31. The Hall–Kier alpha value is -3.92. The molecule has 1 aliphatic heterocycles. The van der Waals surface area contributed by atoms with Crippen LogP contribution in [0.15, 0.2) is 47.3 Å². The fourth-order valence-electron chi connectivity index (χ4n) is 4.83. The van der Waals surface area contributed by atoms with Crippen LogP contribution in [-0.4, -0.2) is 44.0 Å². The number of nitrogens with one attached hydrogen (secondary N) is 1. The Balaban J connectivity index is 1.55. The fourth-order valence-corrected chi connectivity index (χ4v) is 4.83. The van der Waals surface area contributed by atoms with E-state index in [1.54, 1.807) is 7.11 Å². The van der Waals surface area contributed by atoms with Gasteiger partial charge in [0.2, 0.25) is 6.79 Å². The summed E-state index contributed by atoms with van der Waals surface area (Å²) in [5, 5.41) is 13.8. The van der Waals surface area contributed by atoms with Crippen LogP contribution in [0.5, 0.6) is 17.2 Å². The largest absolute Gasteiger partial charge is 0.497 e. The monoisotopic (exact) mass is 518 g/mol. The number of benzene rings is 2. The molecule has 0 radical (unpaired) electrons. The highest BCUT2D eigenvalue weighted by molar-refractivity contribution is 5.80. The molecule has 10 heteroatoms. The molecule has 0 amide bonds. The molecule has 200 valence electrons. The van der Waals surface area contributed by atoms with Gasteiger partial charge >= 0.3 is 0 Å². The molecule has 2 aromatic heterocycles. The first-order valence-corrected chi connectivity index (χ1v) is 12.9.